The molecule has 0 fully saturated rings. The summed E-state index contributed by atoms with van der Waals surface area (Å²) in [5.41, 5.74) is 2.21. The van der Waals surface area contributed by atoms with Gasteiger partial charge in [-0.1, -0.05) is 0 Å². The Morgan fingerprint density at radius 2 is 1.93 bits per heavy atom. The Labute approximate surface area is 166 Å². The summed E-state index contributed by atoms with van der Waals surface area (Å²) in [6, 6.07) is 3.95. The van der Waals surface area contributed by atoms with Crippen LogP contribution in [0.3, 0.4) is 0 Å². The quantitative estimate of drug-likeness (QED) is 0.713. The third kappa shape index (κ3) is 5.04. The second kappa shape index (κ2) is 9.59. The molecule has 0 saturated heterocycles. The predicted octanol–water partition coefficient (Wildman–Crippen LogP) is 1.92. The van der Waals surface area contributed by atoms with Crippen molar-refractivity contribution in [2.24, 2.45) is 0 Å². The Morgan fingerprint density at radius 3 is 2.61 bits per heavy atom. The van der Waals surface area contributed by atoms with Crippen LogP contribution in [0.25, 0.3) is 0 Å². The summed E-state index contributed by atoms with van der Waals surface area (Å²) in [4.78, 5) is 24.4. The van der Waals surface area contributed by atoms with E-state index in [2.05, 4.69) is 21.9 Å². The first-order chi connectivity index (χ1) is 13.6. The Balaban J connectivity index is 1.50. The van der Waals surface area contributed by atoms with Crippen molar-refractivity contribution in [3.63, 3.8) is 0 Å². The maximum absolute atomic E-state index is 12.7. The molecule has 2 heterocycles. The summed E-state index contributed by atoms with van der Waals surface area (Å²) in [6.07, 6.45) is 6.77. The van der Waals surface area contributed by atoms with Gasteiger partial charge in [0.1, 0.15) is 5.82 Å². The SMILES string of the molecule is COc1cc2c(cc1OC)CC(=O)N(CCCN(C)CCc1ncc[nH]1)CC2. The molecule has 7 nitrogen and oxygen atoms in total. The van der Waals surface area contributed by atoms with Gasteiger partial charge in [0.2, 0.25) is 5.91 Å². The standard InChI is InChI=1S/C21H30N4O3/c1-24(11-6-20-22-7-8-23-20)9-4-10-25-12-5-16-13-18(27-2)19(28-3)14-17(16)15-21(25)26/h7-8,13-14H,4-6,9-12,15H2,1-3H3,(H,22,23). The number of carbonyl (C=O) groups excluding carboxylic acids is 1. The van der Waals surface area contributed by atoms with Gasteiger partial charge in [-0.15, -0.1) is 0 Å². The Bertz CT molecular complexity index is 776. The number of H-pyrrole nitrogens is 1. The van der Waals surface area contributed by atoms with Gasteiger partial charge in [-0.2, -0.15) is 0 Å². The van der Waals surface area contributed by atoms with Gasteiger partial charge in [-0.05, 0) is 49.7 Å². The summed E-state index contributed by atoms with van der Waals surface area (Å²) in [6.45, 7) is 3.44. The van der Waals surface area contributed by atoms with Crippen LogP contribution in [0.1, 0.15) is 23.4 Å². The maximum atomic E-state index is 12.7. The summed E-state index contributed by atoms with van der Waals surface area (Å²) in [7, 11) is 5.37. The van der Waals surface area contributed by atoms with Crippen LogP contribution in [0.2, 0.25) is 0 Å². The number of hydrogen-bond donors (Lipinski definition) is 1. The Kier molecular flexibility index (Phi) is 6.92. The van der Waals surface area contributed by atoms with Crippen LogP contribution >= 0.6 is 0 Å². The van der Waals surface area contributed by atoms with E-state index >= 15 is 0 Å². The van der Waals surface area contributed by atoms with Crippen molar-refractivity contribution < 1.29 is 14.3 Å². The summed E-state index contributed by atoms with van der Waals surface area (Å²) < 4.78 is 10.8. The van der Waals surface area contributed by atoms with E-state index in [4.69, 9.17) is 9.47 Å². The number of imidazole rings is 1. The Hall–Kier alpha value is -2.54. The first-order valence-electron chi connectivity index (χ1n) is 9.79. The lowest BCUT2D eigenvalue weighted by Crippen LogP contribution is -2.35. The number of nitrogens with one attached hydrogen (secondary N) is 1. The highest BCUT2D eigenvalue weighted by molar-refractivity contribution is 5.80. The monoisotopic (exact) mass is 386 g/mol. The van der Waals surface area contributed by atoms with Crippen LogP contribution in [0.15, 0.2) is 24.5 Å². The second-order valence-corrected chi connectivity index (χ2v) is 7.23. The van der Waals surface area contributed by atoms with Crippen LogP contribution in [-0.4, -0.2) is 73.1 Å². The third-order valence-corrected chi connectivity index (χ3v) is 5.30. The van der Waals surface area contributed by atoms with Crippen molar-refractivity contribution in [3.05, 3.63) is 41.5 Å². The lowest BCUT2D eigenvalue weighted by molar-refractivity contribution is -0.130. The minimum absolute atomic E-state index is 0.184. The van der Waals surface area contributed by atoms with Crippen molar-refractivity contribution in [3.8, 4) is 11.5 Å². The van der Waals surface area contributed by atoms with Gasteiger partial charge in [0.25, 0.3) is 0 Å². The molecular formula is C21H30N4O3. The number of nitrogens with zero attached hydrogens (tertiary/aromatic N) is 3. The summed E-state index contributed by atoms with van der Waals surface area (Å²) in [5, 5.41) is 0. The van der Waals surface area contributed by atoms with E-state index < -0.39 is 0 Å². The molecule has 0 unspecified atom stereocenters. The minimum Gasteiger partial charge on any atom is -0.493 e. The fourth-order valence-electron chi connectivity index (χ4n) is 3.63. The van der Waals surface area contributed by atoms with Crippen LogP contribution in [-0.2, 0) is 24.1 Å². The zero-order valence-corrected chi connectivity index (χ0v) is 17.0. The minimum atomic E-state index is 0.184. The molecule has 1 aromatic carbocycles. The third-order valence-electron chi connectivity index (χ3n) is 5.30. The van der Waals surface area contributed by atoms with Crippen LogP contribution in [0.4, 0.5) is 0 Å². The molecular weight excluding hydrogens is 356 g/mol. The average molecular weight is 386 g/mol. The fraction of sp³-hybridized carbons (Fsp3) is 0.524. The van der Waals surface area contributed by atoms with E-state index in [0.29, 0.717) is 12.2 Å². The molecule has 0 spiro atoms. The molecule has 1 aromatic heterocycles. The average Bonchev–Trinajstić information content (AvgIpc) is 3.17. The summed E-state index contributed by atoms with van der Waals surface area (Å²) in [5.74, 6) is 2.60. The van der Waals surface area contributed by atoms with E-state index in [1.807, 2.05) is 23.2 Å². The molecule has 0 radical (unpaired) electrons. The number of methoxy groups -OCH3 is 2. The maximum Gasteiger partial charge on any atom is 0.227 e. The molecule has 0 atom stereocenters. The van der Waals surface area contributed by atoms with Crippen LogP contribution in [0, 0.1) is 0 Å². The molecule has 28 heavy (non-hydrogen) atoms. The molecule has 7 heteroatoms. The van der Waals surface area contributed by atoms with E-state index in [1.165, 1.54) is 5.56 Å². The number of likely N-dealkylation sites (N-methyl/N-ethyl adjacent to an activating group) is 1. The number of rotatable bonds is 9. The normalized spacial score (nSPS) is 14.1. The fourth-order valence-corrected chi connectivity index (χ4v) is 3.63. The van der Waals surface area contributed by atoms with E-state index in [1.54, 1.807) is 20.4 Å². The number of hydrogen-bond acceptors (Lipinski definition) is 5. The van der Waals surface area contributed by atoms with Gasteiger partial charge in [0, 0.05) is 38.4 Å². The highest BCUT2D eigenvalue weighted by atomic mass is 16.5. The highest BCUT2D eigenvalue weighted by Gasteiger charge is 2.22. The van der Waals surface area contributed by atoms with Gasteiger partial charge in [-0.3, -0.25) is 4.79 Å². The molecule has 0 aliphatic carbocycles. The van der Waals surface area contributed by atoms with Crippen molar-refractivity contribution >= 4 is 5.91 Å². The number of ether oxygens (including phenoxy) is 2. The molecule has 1 amide bonds. The molecule has 1 aliphatic heterocycles. The predicted molar refractivity (Wildman–Crippen MR) is 108 cm³/mol. The first-order valence-corrected chi connectivity index (χ1v) is 9.79. The van der Waals surface area contributed by atoms with Crippen molar-refractivity contribution in [1.82, 2.24) is 19.8 Å². The van der Waals surface area contributed by atoms with Gasteiger partial charge < -0.3 is 24.3 Å². The lowest BCUT2D eigenvalue weighted by atomic mass is 10.0. The molecule has 3 rings (SSSR count). The number of fused-ring (bicyclic) bond motifs is 1. The van der Waals surface area contributed by atoms with E-state index in [0.717, 1.165) is 62.6 Å². The van der Waals surface area contributed by atoms with Crippen LogP contribution in [0.5, 0.6) is 11.5 Å². The number of amides is 1. The highest BCUT2D eigenvalue weighted by Crippen LogP contribution is 2.32. The smallest absolute Gasteiger partial charge is 0.227 e. The lowest BCUT2D eigenvalue weighted by Gasteiger charge is -2.22. The molecule has 1 aliphatic rings. The van der Waals surface area contributed by atoms with Crippen molar-refractivity contribution in [2.75, 3.05) is 47.4 Å². The van der Waals surface area contributed by atoms with Crippen molar-refractivity contribution in [1.29, 1.82) is 0 Å². The summed E-state index contributed by atoms with van der Waals surface area (Å²) >= 11 is 0. The molecule has 0 bridgehead atoms. The van der Waals surface area contributed by atoms with Gasteiger partial charge in [0.05, 0.1) is 20.6 Å². The molecule has 152 valence electrons. The van der Waals surface area contributed by atoms with E-state index in [-0.39, 0.29) is 5.91 Å². The number of aromatic amines is 1. The van der Waals surface area contributed by atoms with Gasteiger partial charge >= 0.3 is 0 Å². The van der Waals surface area contributed by atoms with Gasteiger partial charge in [0.15, 0.2) is 11.5 Å². The zero-order valence-electron chi connectivity index (χ0n) is 17.0. The zero-order chi connectivity index (χ0) is 19.9. The number of carbonyl (C=O) groups is 1. The molecule has 1 N–H and O–H groups in total. The van der Waals surface area contributed by atoms with Crippen LogP contribution < -0.4 is 9.47 Å². The molecule has 0 saturated carbocycles. The van der Waals surface area contributed by atoms with Crippen molar-refractivity contribution in [2.45, 2.75) is 25.7 Å². The molecule has 2 aromatic rings. The first kappa shape index (κ1) is 20.2. The number of benzene rings is 1. The topological polar surface area (TPSA) is 70.7 Å². The largest absolute Gasteiger partial charge is 0.493 e. The second-order valence-electron chi connectivity index (χ2n) is 7.23. The number of aromatic nitrogens is 2. The Morgan fingerprint density at radius 1 is 1.18 bits per heavy atom. The van der Waals surface area contributed by atoms with E-state index in [9.17, 15) is 4.79 Å². The van der Waals surface area contributed by atoms with Gasteiger partial charge in [-0.25, -0.2) is 4.98 Å².